The van der Waals surface area contributed by atoms with Gasteiger partial charge in [-0.05, 0) is 44.0 Å². The first-order chi connectivity index (χ1) is 14.2. The van der Waals surface area contributed by atoms with Crippen LogP contribution in [-0.2, 0) is 4.79 Å². The van der Waals surface area contributed by atoms with Crippen molar-refractivity contribution in [1.82, 2.24) is 14.8 Å². The number of anilines is 1. The summed E-state index contributed by atoms with van der Waals surface area (Å²) in [6.07, 6.45) is 2.27. The van der Waals surface area contributed by atoms with E-state index >= 15 is 0 Å². The first kappa shape index (κ1) is 18.1. The summed E-state index contributed by atoms with van der Waals surface area (Å²) in [5, 5.41) is 7.86. The van der Waals surface area contributed by atoms with Gasteiger partial charge in [-0.15, -0.1) is 5.10 Å². The van der Waals surface area contributed by atoms with Gasteiger partial charge in [-0.2, -0.15) is 0 Å². The first-order valence-corrected chi connectivity index (χ1v) is 10.4. The van der Waals surface area contributed by atoms with Gasteiger partial charge in [0.15, 0.2) is 11.5 Å². The molecule has 0 bridgehead atoms. The molecule has 1 amide bonds. The number of aromatic nitrogens is 3. The van der Waals surface area contributed by atoms with Crippen LogP contribution in [0.5, 0.6) is 11.5 Å². The minimum absolute atomic E-state index is 0.113. The van der Waals surface area contributed by atoms with Crippen molar-refractivity contribution in [3.05, 3.63) is 54.4 Å². The van der Waals surface area contributed by atoms with Crippen molar-refractivity contribution in [2.45, 2.75) is 36.1 Å². The van der Waals surface area contributed by atoms with Gasteiger partial charge in [0.05, 0.1) is 10.9 Å². The highest BCUT2D eigenvalue weighted by molar-refractivity contribution is 8.00. The summed E-state index contributed by atoms with van der Waals surface area (Å²) in [5.41, 5.74) is 1.67. The van der Waals surface area contributed by atoms with Crippen molar-refractivity contribution in [2.24, 2.45) is 0 Å². The number of rotatable bonds is 6. The molecule has 29 heavy (non-hydrogen) atoms. The lowest BCUT2D eigenvalue weighted by molar-refractivity contribution is -0.115. The normalized spacial score (nSPS) is 15.9. The molecule has 2 heterocycles. The van der Waals surface area contributed by atoms with Crippen LogP contribution < -0.4 is 14.8 Å². The molecule has 8 heteroatoms. The molecule has 3 aromatic rings. The Morgan fingerprint density at radius 1 is 1.17 bits per heavy atom. The highest BCUT2D eigenvalue weighted by atomic mass is 32.2. The third-order valence-electron chi connectivity index (χ3n) is 4.85. The Morgan fingerprint density at radius 3 is 2.76 bits per heavy atom. The Kier molecular flexibility index (Phi) is 4.63. The van der Waals surface area contributed by atoms with E-state index in [1.54, 1.807) is 18.2 Å². The zero-order valence-corrected chi connectivity index (χ0v) is 16.7. The maximum Gasteiger partial charge on any atom is 0.237 e. The number of carbonyl (C=O) groups is 1. The average Bonchev–Trinajstić information content (AvgIpc) is 3.33. The van der Waals surface area contributed by atoms with Crippen molar-refractivity contribution in [3.8, 4) is 17.2 Å². The van der Waals surface area contributed by atoms with E-state index in [9.17, 15) is 4.79 Å². The fourth-order valence-corrected chi connectivity index (χ4v) is 3.91. The number of nitrogens with one attached hydrogen (secondary N) is 1. The summed E-state index contributed by atoms with van der Waals surface area (Å²) >= 11 is 1.36. The van der Waals surface area contributed by atoms with Gasteiger partial charge in [-0.3, -0.25) is 4.79 Å². The lowest BCUT2D eigenvalue weighted by Gasteiger charge is -2.10. The first-order valence-electron chi connectivity index (χ1n) is 9.57. The van der Waals surface area contributed by atoms with Crippen molar-refractivity contribution in [1.29, 1.82) is 0 Å². The van der Waals surface area contributed by atoms with Crippen LogP contribution in [0.4, 0.5) is 5.69 Å². The number of benzene rings is 2. The van der Waals surface area contributed by atoms with Gasteiger partial charge in [0.1, 0.15) is 5.82 Å². The van der Waals surface area contributed by atoms with Crippen LogP contribution in [0.15, 0.2) is 53.7 Å². The van der Waals surface area contributed by atoms with Gasteiger partial charge >= 0.3 is 0 Å². The molecule has 5 rings (SSSR count). The second kappa shape index (κ2) is 7.44. The lowest BCUT2D eigenvalue weighted by atomic mass is 10.2. The molecule has 1 N–H and O–H groups in total. The summed E-state index contributed by atoms with van der Waals surface area (Å²) in [6.45, 7) is 2.06. The number of carbonyl (C=O) groups excluding carboxylic acids is 1. The van der Waals surface area contributed by atoms with Gasteiger partial charge in [0.2, 0.25) is 17.9 Å². The molecule has 0 spiro atoms. The Bertz CT molecular complexity index is 1050. The van der Waals surface area contributed by atoms with Gasteiger partial charge in [-0.25, -0.2) is 9.67 Å². The molecule has 0 saturated heterocycles. The largest absolute Gasteiger partial charge is 0.454 e. The topological polar surface area (TPSA) is 78.3 Å². The molecule has 1 aromatic heterocycles. The summed E-state index contributed by atoms with van der Waals surface area (Å²) in [6, 6.07) is 15.4. The Morgan fingerprint density at radius 2 is 1.97 bits per heavy atom. The van der Waals surface area contributed by atoms with Crippen LogP contribution in [-0.4, -0.2) is 32.7 Å². The van der Waals surface area contributed by atoms with Gasteiger partial charge in [0, 0.05) is 17.7 Å². The fraction of sp³-hybridized carbons (Fsp3) is 0.286. The zero-order valence-electron chi connectivity index (χ0n) is 15.9. The third kappa shape index (κ3) is 3.80. The monoisotopic (exact) mass is 408 g/mol. The summed E-state index contributed by atoms with van der Waals surface area (Å²) < 4.78 is 12.6. The van der Waals surface area contributed by atoms with Crippen molar-refractivity contribution in [3.63, 3.8) is 0 Å². The van der Waals surface area contributed by atoms with E-state index in [-0.39, 0.29) is 18.0 Å². The van der Waals surface area contributed by atoms with Crippen LogP contribution in [0.3, 0.4) is 0 Å². The molecule has 1 aliphatic heterocycles. The van der Waals surface area contributed by atoms with E-state index in [1.165, 1.54) is 11.8 Å². The molecule has 2 aliphatic rings. The lowest BCUT2D eigenvalue weighted by Crippen LogP contribution is -2.22. The standard InChI is InChI=1S/C21H20N4O3S/c1-13(20(26)22-15-9-10-17-18(11-15)28-12-27-17)29-21-23-19(14-7-8-14)25(24-21)16-5-3-2-4-6-16/h2-6,9-11,13-14H,7-8,12H2,1H3,(H,22,26)/t13-/m1/s1. The Hall–Kier alpha value is -3.00. The molecular formula is C21H20N4O3S. The van der Waals surface area contributed by atoms with E-state index in [1.807, 2.05) is 41.9 Å². The number of para-hydroxylation sites is 1. The minimum Gasteiger partial charge on any atom is -0.454 e. The number of hydrogen-bond donors (Lipinski definition) is 1. The second-order valence-corrected chi connectivity index (χ2v) is 8.40. The van der Waals surface area contributed by atoms with E-state index in [0.29, 0.717) is 28.3 Å². The van der Waals surface area contributed by atoms with Crippen LogP contribution in [0.1, 0.15) is 31.5 Å². The number of ether oxygens (including phenoxy) is 2. The number of amides is 1. The molecule has 1 fully saturated rings. The summed E-state index contributed by atoms with van der Waals surface area (Å²) in [4.78, 5) is 17.4. The number of thioether (sulfide) groups is 1. The predicted octanol–water partition coefficient (Wildman–Crippen LogP) is 3.99. The SMILES string of the molecule is C[C@@H](Sc1nc(C2CC2)n(-c2ccccc2)n1)C(=O)Nc1ccc2c(c1)OCO2. The molecule has 7 nitrogen and oxygen atoms in total. The molecule has 1 saturated carbocycles. The molecule has 1 aliphatic carbocycles. The third-order valence-corrected chi connectivity index (χ3v) is 5.80. The smallest absolute Gasteiger partial charge is 0.237 e. The van der Waals surface area contributed by atoms with E-state index in [0.717, 1.165) is 24.4 Å². The maximum atomic E-state index is 12.7. The second-order valence-electron chi connectivity index (χ2n) is 7.09. The van der Waals surface area contributed by atoms with Crippen LogP contribution in [0.25, 0.3) is 5.69 Å². The Labute approximate surface area is 172 Å². The predicted molar refractivity (Wildman–Crippen MR) is 110 cm³/mol. The van der Waals surface area contributed by atoms with E-state index < -0.39 is 0 Å². The van der Waals surface area contributed by atoms with Crippen molar-refractivity contribution in [2.75, 3.05) is 12.1 Å². The highest BCUT2D eigenvalue weighted by Crippen LogP contribution is 2.40. The van der Waals surface area contributed by atoms with Crippen LogP contribution in [0, 0.1) is 0 Å². The number of fused-ring (bicyclic) bond motifs is 1. The molecule has 0 radical (unpaired) electrons. The van der Waals surface area contributed by atoms with Crippen LogP contribution in [0.2, 0.25) is 0 Å². The van der Waals surface area contributed by atoms with Gasteiger partial charge < -0.3 is 14.8 Å². The quantitative estimate of drug-likeness (QED) is 0.622. The van der Waals surface area contributed by atoms with E-state index in [2.05, 4.69) is 10.4 Å². The molecule has 2 aromatic carbocycles. The summed E-state index contributed by atoms with van der Waals surface area (Å²) in [7, 11) is 0. The van der Waals surface area contributed by atoms with Gasteiger partial charge in [0.25, 0.3) is 0 Å². The van der Waals surface area contributed by atoms with Gasteiger partial charge in [-0.1, -0.05) is 30.0 Å². The zero-order chi connectivity index (χ0) is 19.8. The average molecular weight is 408 g/mol. The number of nitrogens with zero attached hydrogens (tertiary/aromatic N) is 3. The fourth-order valence-electron chi connectivity index (χ4n) is 3.15. The minimum atomic E-state index is -0.348. The Balaban J connectivity index is 1.30. The number of hydrogen-bond acceptors (Lipinski definition) is 6. The van der Waals surface area contributed by atoms with E-state index in [4.69, 9.17) is 14.5 Å². The molecule has 0 unspecified atom stereocenters. The van der Waals surface area contributed by atoms with Crippen LogP contribution >= 0.6 is 11.8 Å². The van der Waals surface area contributed by atoms with Crippen molar-refractivity contribution < 1.29 is 14.3 Å². The maximum absolute atomic E-state index is 12.7. The summed E-state index contributed by atoms with van der Waals surface area (Å²) in [5.74, 6) is 2.64. The van der Waals surface area contributed by atoms with Crippen molar-refractivity contribution >= 4 is 23.4 Å². The molecular weight excluding hydrogens is 388 g/mol. The highest BCUT2D eigenvalue weighted by Gasteiger charge is 2.31. The molecule has 148 valence electrons. The molecule has 1 atom stereocenters.